The molecular formula is C26H24N2O4. The monoisotopic (exact) mass is 428 g/mol. The van der Waals surface area contributed by atoms with E-state index in [1.165, 1.54) is 4.90 Å². The molecule has 6 nitrogen and oxygen atoms in total. The molecule has 1 aliphatic heterocycles. The summed E-state index contributed by atoms with van der Waals surface area (Å²) in [5.74, 6) is -0.947. The number of carbonyl (C=O) groups excluding carboxylic acids is 2. The van der Waals surface area contributed by atoms with Crippen molar-refractivity contribution in [2.45, 2.75) is 26.8 Å². The van der Waals surface area contributed by atoms with Crippen molar-refractivity contribution in [1.29, 1.82) is 0 Å². The lowest BCUT2D eigenvalue weighted by molar-refractivity contribution is -0.132. The Morgan fingerprint density at radius 3 is 2.38 bits per heavy atom. The van der Waals surface area contributed by atoms with Gasteiger partial charge in [0.05, 0.1) is 18.7 Å². The molecule has 1 fully saturated rings. The Balaban J connectivity index is 1.96. The lowest BCUT2D eigenvalue weighted by Crippen LogP contribution is -2.30. The third-order valence-corrected chi connectivity index (χ3v) is 5.97. The molecule has 0 radical (unpaired) electrons. The number of pyridine rings is 1. The maximum Gasteiger partial charge on any atom is 0.300 e. The van der Waals surface area contributed by atoms with E-state index in [0.29, 0.717) is 22.6 Å². The molecule has 2 heterocycles. The van der Waals surface area contributed by atoms with Crippen LogP contribution in [0, 0.1) is 20.8 Å². The van der Waals surface area contributed by atoms with E-state index < -0.39 is 17.7 Å². The summed E-state index contributed by atoms with van der Waals surface area (Å²) in [4.78, 5) is 32.0. The fourth-order valence-corrected chi connectivity index (χ4v) is 4.12. The average Bonchev–Trinajstić information content (AvgIpc) is 3.06. The minimum Gasteiger partial charge on any atom is -0.507 e. The standard InChI is InChI=1S/C26H24N2O4/c1-15-6-5-7-20(17(15)3)28-23(18-10-12-27-13-11-18)22(25(30)26(28)31)24(29)19-8-9-21(32-4)16(2)14-19/h5-14,23,29H,1-4H3/b24-22+. The number of methoxy groups -OCH3 is 1. The molecule has 0 aliphatic carbocycles. The maximum absolute atomic E-state index is 13.3. The zero-order valence-electron chi connectivity index (χ0n) is 18.4. The second-order valence-corrected chi connectivity index (χ2v) is 7.85. The molecule has 1 amide bonds. The zero-order chi connectivity index (χ0) is 23.0. The molecule has 0 spiro atoms. The second kappa shape index (κ2) is 8.30. The number of benzene rings is 2. The Morgan fingerprint density at radius 1 is 1.00 bits per heavy atom. The number of aliphatic hydroxyl groups excluding tert-OH is 1. The van der Waals surface area contributed by atoms with E-state index in [4.69, 9.17) is 4.74 Å². The third kappa shape index (κ3) is 3.43. The lowest BCUT2D eigenvalue weighted by atomic mass is 9.95. The number of aromatic nitrogens is 1. The van der Waals surface area contributed by atoms with Gasteiger partial charge in [0.2, 0.25) is 0 Å². The highest BCUT2D eigenvalue weighted by Crippen LogP contribution is 2.43. The van der Waals surface area contributed by atoms with E-state index in [9.17, 15) is 14.7 Å². The first kappa shape index (κ1) is 21.3. The van der Waals surface area contributed by atoms with Gasteiger partial charge in [0.25, 0.3) is 11.7 Å². The van der Waals surface area contributed by atoms with E-state index in [1.54, 1.807) is 49.8 Å². The molecule has 1 aromatic heterocycles. The second-order valence-electron chi connectivity index (χ2n) is 7.85. The number of anilines is 1. The minimum atomic E-state index is -0.777. The number of amides is 1. The lowest BCUT2D eigenvalue weighted by Gasteiger charge is -2.27. The van der Waals surface area contributed by atoms with Crippen LogP contribution in [-0.4, -0.2) is 28.9 Å². The van der Waals surface area contributed by atoms with Crippen molar-refractivity contribution in [3.05, 3.63) is 94.3 Å². The Kier molecular flexibility index (Phi) is 5.53. The fourth-order valence-electron chi connectivity index (χ4n) is 4.12. The van der Waals surface area contributed by atoms with Crippen molar-refractivity contribution in [1.82, 2.24) is 4.98 Å². The number of rotatable bonds is 4. The molecule has 4 rings (SSSR count). The van der Waals surface area contributed by atoms with Gasteiger partial charge in [-0.15, -0.1) is 0 Å². The largest absolute Gasteiger partial charge is 0.507 e. The van der Waals surface area contributed by atoms with Gasteiger partial charge in [0.15, 0.2) is 0 Å². The predicted molar refractivity (Wildman–Crippen MR) is 123 cm³/mol. The van der Waals surface area contributed by atoms with Crippen molar-refractivity contribution >= 4 is 23.1 Å². The molecule has 3 aromatic rings. The Bertz CT molecular complexity index is 1250. The first-order chi connectivity index (χ1) is 15.3. The van der Waals surface area contributed by atoms with Crippen molar-refractivity contribution < 1.29 is 19.4 Å². The van der Waals surface area contributed by atoms with Gasteiger partial charge >= 0.3 is 0 Å². The topological polar surface area (TPSA) is 79.7 Å². The van der Waals surface area contributed by atoms with Crippen LogP contribution < -0.4 is 9.64 Å². The molecular weight excluding hydrogens is 404 g/mol. The number of aliphatic hydroxyl groups is 1. The van der Waals surface area contributed by atoms with Gasteiger partial charge in [0, 0.05) is 23.6 Å². The predicted octanol–water partition coefficient (Wildman–Crippen LogP) is 4.64. The van der Waals surface area contributed by atoms with Crippen molar-refractivity contribution in [3.8, 4) is 5.75 Å². The molecule has 1 saturated heterocycles. The smallest absolute Gasteiger partial charge is 0.300 e. The molecule has 6 heteroatoms. The summed E-state index contributed by atoms with van der Waals surface area (Å²) in [5.41, 5.74) is 4.52. The maximum atomic E-state index is 13.3. The highest BCUT2D eigenvalue weighted by atomic mass is 16.5. The summed E-state index contributed by atoms with van der Waals surface area (Å²) >= 11 is 0. The van der Waals surface area contributed by atoms with Crippen LogP contribution in [0.4, 0.5) is 5.69 Å². The first-order valence-electron chi connectivity index (χ1n) is 10.3. The zero-order valence-corrected chi connectivity index (χ0v) is 18.4. The van der Waals surface area contributed by atoms with Gasteiger partial charge in [0.1, 0.15) is 11.5 Å². The van der Waals surface area contributed by atoms with Gasteiger partial charge in [-0.1, -0.05) is 12.1 Å². The van der Waals surface area contributed by atoms with Gasteiger partial charge in [-0.25, -0.2) is 0 Å². The summed E-state index contributed by atoms with van der Waals surface area (Å²) in [6.45, 7) is 5.72. The number of carbonyl (C=O) groups is 2. The number of nitrogens with zero attached hydrogens (tertiary/aromatic N) is 2. The summed E-state index contributed by atoms with van der Waals surface area (Å²) < 4.78 is 5.30. The summed E-state index contributed by atoms with van der Waals surface area (Å²) in [6, 6.07) is 13.5. The summed E-state index contributed by atoms with van der Waals surface area (Å²) in [6.07, 6.45) is 3.21. The van der Waals surface area contributed by atoms with E-state index >= 15 is 0 Å². The van der Waals surface area contributed by atoms with Crippen LogP contribution in [0.3, 0.4) is 0 Å². The number of hydrogen-bond donors (Lipinski definition) is 1. The molecule has 1 unspecified atom stereocenters. The van der Waals surface area contributed by atoms with Crippen molar-refractivity contribution in [2.24, 2.45) is 0 Å². The summed E-state index contributed by atoms with van der Waals surface area (Å²) in [7, 11) is 1.57. The normalized spacial score (nSPS) is 17.6. The van der Waals surface area contributed by atoms with Gasteiger partial charge < -0.3 is 9.84 Å². The van der Waals surface area contributed by atoms with E-state index in [0.717, 1.165) is 16.7 Å². The number of hydrogen-bond acceptors (Lipinski definition) is 5. The van der Waals surface area contributed by atoms with Crippen molar-refractivity contribution in [3.63, 3.8) is 0 Å². The number of Topliss-reactive ketones (excluding diaryl/α,β-unsaturated/α-hetero) is 1. The van der Waals surface area contributed by atoms with Gasteiger partial charge in [-0.05, 0) is 79.4 Å². The SMILES string of the molecule is COc1ccc(/C(O)=C2\C(=O)C(=O)N(c3cccc(C)c3C)C2c2ccncc2)cc1C. The van der Waals surface area contributed by atoms with Gasteiger partial charge in [-0.2, -0.15) is 0 Å². The van der Waals surface area contributed by atoms with Crippen LogP contribution in [0.1, 0.15) is 33.9 Å². The van der Waals surface area contributed by atoms with E-state index in [2.05, 4.69) is 4.98 Å². The molecule has 32 heavy (non-hydrogen) atoms. The van der Waals surface area contributed by atoms with E-state index in [1.807, 2.05) is 39.0 Å². The van der Waals surface area contributed by atoms with Crippen LogP contribution in [0.5, 0.6) is 5.75 Å². The van der Waals surface area contributed by atoms with Crippen molar-refractivity contribution in [2.75, 3.05) is 12.0 Å². The first-order valence-corrected chi connectivity index (χ1v) is 10.3. The molecule has 1 N–H and O–H groups in total. The molecule has 1 atom stereocenters. The molecule has 0 bridgehead atoms. The van der Waals surface area contributed by atoms with Crippen LogP contribution >= 0.6 is 0 Å². The Hall–Kier alpha value is -3.93. The third-order valence-electron chi connectivity index (χ3n) is 5.97. The quantitative estimate of drug-likeness (QED) is 0.372. The Labute approximate surface area is 186 Å². The highest BCUT2D eigenvalue weighted by Gasteiger charge is 2.47. The van der Waals surface area contributed by atoms with E-state index in [-0.39, 0.29) is 11.3 Å². The summed E-state index contributed by atoms with van der Waals surface area (Å²) in [5, 5.41) is 11.2. The van der Waals surface area contributed by atoms with Crippen LogP contribution in [0.25, 0.3) is 5.76 Å². The average molecular weight is 428 g/mol. The fraction of sp³-hybridized carbons (Fsp3) is 0.192. The number of aryl methyl sites for hydroxylation is 2. The minimum absolute atomic E-state index is 0.0478. The number of ketones is 1. The molecule has 1 aliphatic rings. The van der Waals surface area contributed by atoms with Crippen LogP contribution in [-0.2, 0) is 9.59 Å². The molecule has 0 saturated carbocycles. The number of ether oxygens (including phenoxy) is 1. The van der Waals surface area contributed by atoms with Crippen LogP contribution in [0.2, 0.25) is 0 Å². The molecule has 162 valence electrons. The van der Waals surface area contributed by atoms with Crippen LogP contribution in [0.15, 0.2) is 66.5 Å². The molecule has 2 aromatic carbocycles. The highest BCUT2D eigenvalue weighted by molar-refractivity contribution is 6.51. The Morgan fingerprint density at radius 2 is 1.72 bits per heavy atom. The van der Waals surface area contributed by atoms with Gasteiger partial charge in [-0.3, -0.25) is 19.5 Å².